The standard InChI is InChI=1S/C18H21FN4O/c19-15-3-1-4-16(11-15)22-9-10-24-18(13-22)5-2-8-23(14-18)17-12-20-6-7-21-17/h1,3-4,6-7,11-12H,2,5,8-10,13-14H2/t18-/m1/s1. The number of hydrogen-bond donors (Lipinski definition) is 0. The molecule has 0 bridgehead atoms. The zero-order chi connectivity index (χ0) is 16.4. The lowest BCUT2D eigenvalue weighted by atomic mass is 9.90. The highest BCUT2D eigenvalue weighted by Gasteiger charge is 2.41. The summed E-state index contributed by atoms with van der Waals surface area (Å²) in [5, 5.41) is 0. The Morgan fingerprint density at radius 2 is 2.04 bits per heavy atom. The largest absolute Gasteiger partial charge is 0.369 e. The maximum atomic E-state index is 13.6. The van der Waals surface area contributed by atoms with E-state index in [1.807, 2.05) is 6.07 Å². The lowest BCUT2D eigenvalue weighted by Gasteiger charge is -2.48. The Morgan fingerprint density at radius 1 is 1.12 bits per heavy atom. The van der Waals surface area contributed by atoms with Gasteiger partial charge in [0.1, 0.15) is 17.2 Å². The monoisotopic (exact) mass is 328 g/mol. The average molecular weight is 328 g/mol. The molecule has 1 spiro atoms. The predicted molar refractivity (Wildman–Crippen MR) is 90.8 cm³/mol. The lowest BCUT2D eigenvalue weighted by molar-refractivity contribution is -0.0630. The Kier molecular flexibility index (Phi) is 4.06. The van der Waals surface area contributed by atoms with Gasteiger partial charge in [0.25, 0.3) is 0 Å². The topological polar surface area (TPSA) is 41.5 Å². The van der Waals surface area contributed by atoms with Crippen LogP contribution in [-0.4, -0.2) is 48.4 Å². The summed E-state index contributed by atoms with van der Waals surface area (Å²) in [6, 6.07) is 6.81. The minimum absolute atomic E-state index is 0.196. The third-order valence-corrected chi connectivity index (χ3v) is 4.83. The first-order valence-corrected chi connectivity index (χ1v) is 8.40. The van der Waals surface area contributed by atoms with Gasteiger partial charge in [-0.05, 0) is 31.0 Å². The number of rotatable bonds is 2. The molecule has 2 aromatic rings. The highest BCUT2D eigenvalue weighted by atomic mass is 19.1. The van der Waals surface area contributed by atoms with Crippen molar-refractivity contribution in [1.82, 2.24) is 9.97 Å². The minimum Gasteiger partial charge on any atom is -0.369 e. The Morgan fingerprint density at radius 3 is 2.88 bits per heavy atom. The van der Waals surface area contributed by atoms with Crippen LogP contribution in [0.1, 0.15) is 12.8 Å². The molecule has 1 aromatic heterocycles. The molecule has 0 aliphatic carbocycles. The molecule has 0 unspecified atom stereocenters. The van der Waals surface area contributed by atoms with E-state index in [4.69, 9.17) is 4.74 Å². The molecule has 4 rings (SSSR count). The van der Waals surface area contributed by atoms with Crippen LogP contribution >= 0.6 is 0 Å². The Balaban J connectivity index is 1.53. The third kappa shape index (κ3) is 3.06. The van der Waals surface area contributed by atoms with Crippen molar-refractivity contribution in [2.24, 2.45) is 0 Å². The molecule has 2 aliphatic heterocycles. The first-order chi connectivity index (χ1) is 11.7. The molecule has 3 heterocycles. The summed E-state index contributed by atoms with van der Waals surface area (Å²) in [5.74, 6) is 0.695. The van der Waals surface area contributed by atoms with Gasteiger partial charge >= 0.3 is 0 Å². The van der Waals surface area contributed by atoms with Gasteiger partial charge in [-0.25, -0.2) is 9.37 Å². The molecule has 0 amide bonds. The van der Waals surface area contributed by atoms with Crippen molar-refractivity contribution < 1.29 is 9.13 Å². The fourth-order valence-corrected chi connectivity index (χ4v) is 3.73. The van der Waals surface area contributed by atoms with Gasteiger partial charge < -0.3 is 14.5 Å². The van der Waals surface area contributed by atoms with Crippen molar-refractivity contribution in [2.75, 3.05) is 42.6 Å². The number of halogens is 1. The molecule has 126 valence electrons. The Hall–Kier alpha value is -2.21. The fraction of sp³-hybridized carbons (Fsp3) is 0.444. The molecular formula is C18H21FN4O. The molecule has 2 fully saturated rings. The Labute approximate surface area is 141 Å². The maximum absolute atomic E-state index is 13.6. The number of piperidine rings is 1. The number of morpholine rings is 1. The number of benzene rings is 1. The molecule has 0 saturated carbocycles. The molecule has 0 N–H and O–H groups in total. The van der Waals surface area contributed by atoms with Gasteiger partial charge in [0.15, 0.2) is 0 Å². The Bertz CT molecular complexity index is 694. The van der Waals surface area contributed by atoms with Gasteiger partial charge in [0, 0.05) is 37.7 Å². The average Bonchev–Trinajstić information content (AvgIpc) is 2.63. The number of hydrogen-bond acceptors (Lipinski definition) is 5. The first-order valence-electron chi connectivity index (χ1n) is 8.40. The van der Waals surface area contributed by atoms with Crippen LogP contribution in [-0.2, 0) is 4.74 Å². The fourth-order valence-electron chi connectivity index (χ4n) is 3.73. The van der Waals surface area contributed by atoms with Crippen molar-refractivity contribution in [2.45, 2.75) is 18.4 Å². The summed E-state index contributed by atoms with van der Waals surface area (Å²) >= 11 is 0. The van der Waals surface area contributed by atoms with Crippen LogP contribution in [0.15, 0.2) is 42.9 Å². The van der Waals surface area contributed by atoms with E-state index in [1.165, 1.54) is 6.07 Å². The first kappa shape index (κ1) is 15.3. The van der Waals surface area contributed by atoms with Crippen LogP contribution in [0.4, 0.5) is 15.9 Å². The van der Waals surface area contributed by atoms with Gasteiger partial charge in [-0.1, -0.05) is 6.07 Å². The molecular weight excluding hydrogens is 307 g/mol. The zero-order valence-corrected chi connectivity index (χ0v) is 13.6. The van der Waals surface area contributed by atoms with Crippen LogP contribution < -0.4 is 9.80 Å². The van der Waals surface area contributed by atoms with E-state index in [1.54, 1.807) is 30.7 Å². The van der Waals surface area contributed by atoms with E-state index >= 15 is 0 Å². The molecule has 6 heteroatoms. The molecule has 5 nitrogen and oxygen atoms in total. The van der Waals surface area contributed by atoms with E-state index in [0.29, 0.717) is 6.61 Å². The number of aromatic nitrogens is 2. The normalized spacial score (nSPS) is 24.4. The van der Waals surface area contributed by atoms with Gasteiger partial charge in [-0.3, -0.25) is 4.98 Å². The smallest absolute Gasteiger partial charge is 0.147 e. The predicted octanol–water partition coefficient (Wildman–Crippen LogP) is 2.49. The van der Waals surface area contributed by atoms with Crippen molar-refractivity contribution in [1.29, 1.82) is 0 Å². The summed E-state index contributed by atoms with van der Waals surface area (Å²) in [4.78, 5) is 13.1. The van der Waals surface area contributed by atoms with Gasteiger partial charge in [-0.2, -0.15) is 0 Å². The number of anilines is 2. The van der Waals surface area contributed by atoms with Crippen LogP contribution in [0.5, 0.6) is 0 Å². The molecule has 0 radical (unpaired) electrons. The van der Waals surface area contributed by atoms with Gasteiger partial charge in [-0.15, -0.1) is 0 Å². The summed E-state index contributed by atoms with van der Waals surface area (Å²) in [7, 11) is 0. The van der Waals surface area contributed by atoms with E-state index in [9.17, 15) is 4.39 Å². The molecule has 1 atom stereocenters. The molecule has 2 saturated heterocycles. The van der Waals surface area contributed by atoms with Crippen LogP contribution in [0, 0.1) is 5.82 Å². The van der Waals surface area contributed by atoms with Crippen molar-refractivity contribution >= 4 is 11.5 Å². The second-order valence-corrected chi connectivity index (χ2v) is 6.52. The quantitative estimate of drug-likeness (QED) is 0.847. The summed E-state index contributed by atoms with van der Waals surface area (Å²) in [6.07, 6.45) is 7.26. The van der Waals surface area contributed by atoms with Crippen molar-refractivity contribution in [3.05, 3.63) is 48.7 Å². The zero-order valence-electron chi connectivity index (χ0n) is 13.6. The summed E-state index contributed by atoms with van der Waals surface area (Å²) < 4.78 is 19.8. The van der Waals surface area contributed by atoms with Crippen molar-refractivity contribution in [3.8, 4) is 0 Å². The van der Waals surface area contributed by atoms with Gasteiger partial charge in [0.05, 0.1) is 19.3 Å². The minimum atomic E-state index is -0.236. The second-order valence-electron chi connectivity index (χ2n) is 6.52. The summed E-state index contributed by atoms with van der Waals surface area (Å²) in [6.45, 7) is 3.97. The number of ether oxygens (including phenoxy) is 1. The molecule has 24 heavy (non-hydrogen) atoms. The van der Waals surface area contributed by atoms with Crippen LogP contribution in [0.3, 0.4) is 0 Å². The highest BCUT2D eigenvalue weighted by Crippen LogP contribution is 2.32. The van der Waals surface area contributed by atoms with E-state index in [-0.39, 0.29) is 11.4 Å². The highest BCUT2D eigenvalue weighted by molar-refractivity contribution is 5.48. The summed E-state index contributed by atoms with van der Waals surface area (Å²) in [5.41, 5.74) is 0.690. The lowest BCUT2D eigenvalue weighted by Crippen LogP contribution is -2.60. The van der Waals surface area contributed by atoms with E-state index in [2.05, 4.69) is 19.8 Å². The van der Waals surface area contributed by atoms with Crippen molar-refractivity contribution in [3.63, 3.8) is 0 Å². The van der Waals surface area contributed by atoms with Gasteiger partial charge in [0.2, 0.25) is 0 Å². The molecule has 1 aromatic carbocycles. The number of nitrogens with zero attached hydrogens (tertiary/aromatic N) is 4. The third-order valence-electron chi connectivity index (χ3n) is 4.83. The molecule has 2 aliphatic rings. The van der Waals surface area contributed by atoms with E-state index < -0.39 is 0 Å². The van der Waals surface area contributed by atoms with Crippen LogP contribution in [0.2, 0.25) is 0 Å². The van der Waals surface area contributed by atoms with Crippen LogP contribution in [0.25, 0.3) is 0 Å². The second kappa shape index (κ2) is 6.36. The van der Waals surface area contributed by atoms with E-state index in [0.717, 1.165) is 50.5 Å². The maximum Gasteiger partial charge on any atom is 0.147 e. The SMILES string of the molecule is Fc1cccc(N2CCO[C@]3(CCCN(c4cnccn4)C3)C2)c1.